The number of nitriles is 1. The molecule has 0 amide bonds. The van der Waals surface area contributed by atoms with Crippen LogP contribution in [0, 0.1) is 16.7 Å². The van der Waals surface area contributed by atoms with E-state index in [2.05, 4.69) is 6.07 Å². The summed E-state index contributed by atoms with van der Waals surface area (Å²) in [6.07, 6.45) is 1.86. The molecule has 0 aromatic heterocycles. The molecule has 1 unspecified atom stereocenters. The molecule has 3 heteroatoms. The SMILES string of the molecule is N#CC1(C(O)c2cccc(Cl)c2)CCC1. The van der Waals surface area contributed by atoms with E-state index in [1.807, 2.05) is 6.07 Å². The molecule has 1 fully saturated rings. The first-order chi connectivity index (χ1) is 7.18. The highest BCUT2D eigenvalue weighted by Crippen LogP contribution is 2.49. The normalized spacial score (nSPS) is 20.1. The number of hydrogen-bond donors (Lipinski definition) is 1. The second kappa shape index (κ2) is 3.84. The molecule has 0 bridgehead atoms. The Balaban J connectivity index is 2.28. The van der Waals surface area contributed by atoms with E-state index in [9.17, 15) is 5.11 Å². The van der Waals surface area contributed by atoms with Crippen molar-refractivity contribution in [2.75, 3.05) is 0 Å². The average Bonchev–Trinajstić information content (AvgIpc) is 2.17. The molecule has 78 valence electrons. The average molecular weight is 222 g/mol. The van der Waals surface area contributed by atoms with Crippen LogP contribution in [0.4, 0.5) is 0 Å². The Labute approximate surface area is 94.1 Å². The highest BCUT2D eigenvalue weighted by molar-refractivity contribution is 6.30. The van der Waals surface area contributed by atoms with Gasteiger partial charge in [0.05, 0.1) is 17.6 Å². The van der Waals surface area contributed by atoms with E-state index in [1.54, 1.807) is 18.2 Å². The first kappa shape index (κ1) is 10.5. The van der Waals surface area contributed by atoms with Gasteiger partial charge in [-0.05, 0) is 30.5 Å². The minimum absolute atomic E-state index is 0.579. The summed E-state index contributed by atoms with van der Waals surface area (Å²) >= 11 is 5.85. The van der Waals surface area contributed by atoms with Crippen molar-refractivity contribution in [3.8, 4) is 6.07 Å². The quantitative estimate of drug-likeness (QED) is 0.834. The number of benzene rings is 1. The number of rotatable bonds is 2. The smallest absolute Gasteiger partial charge is 0.0976 e. The van der Waals surface area contributed by atoms with Crippen LogP contribution in [0.5, 0.6) is 0 Å². The third kappa shape index (κ3) is 1.73. The Morgan fingerprint density at radius 3 is 2.67 bits per heavy atom. The Morgan fingerprint density at radius 2 is 2.20 bits per heavy atom. The molecule has 1 atom stereocenters. The predicted molar refractivity (Wildman–Crippen MR) is 58.3 cm³/mol. The monoisotopic (exact) mass is 221 g/mol. The van der Waals surface area contributed by atoms with E-state index in [-0.39, 0.29) is 0 Å². The lowest BCUT2D eigenvalue weighted by Crippen LogP contribution is -2.34. The zero-order valence-electron chi connectivity index (χ0n) is 8.28. The third-order valence-corrected chi connectivity index (χ3v) is 3.39. The first-order valence-corrected chi connectivity index (χ1v) is 5.40. The summed E-state index contributed by atoms with van der Waals surface area (Å²) in [4.78, 5) is 0. The molecular weight excluding hydrogens is 210 g/mol. The molecule has 15 heavy (non-hydrogen) atoms. The van der Waals surface area contributed by atoms with Crippen molar-refractivity contribution in [2.24, 2.45) is 5.41 Å². The highest BCUT2D eigenvalue weighted by atomic mass is 35.5. The van der Waals surface area contributed by atoms with E-state index in [4.69, 9.17) is 16.9 Å². The Bertz CT molecular complexity index is 406. The molecule has 1 N–H and O–H groups in total. The maximum absolute atomic E-state index is 10.1. The molecule has 0 saturated heterocycles. The minimum Gasteiger partial charge on any atom is -0.387 e. The fraction of sp³-hybridized carbons (Fsp3) is 0.417. The molecule has 0 heterocycles. The van der Waals surface area contributed by atoms with Gasteiger partial charge in [0.15, 0.2) is 0 Å². The van der Waals surface area contributed by atoms with Crippen LogP contribution in [0.1, 0.15) is 30.9 Å². The van der Waals surface area contributed by atoms with Gasteiger partial charge < -0.3 is 5.11 Å². The second-order valence-electron chi connectivity index (χ2n) is 4.08. The first-order valence-electron chi connectivity index (χ1n) is 5.03. The van der Waals surface area contributed by atoms with E-state index < -0.39 is 11.5 Å². The molecule has 2 nitrogen and oxygen atoms in total. The standard InChI is InChI=1S/C12H12ClNO/c13-10-4-1-3-9(7-10)11(15)12(8-14)5-2-6-12/h1,3-4,7,11,15H,2,5-6H2. The van der Waals surface area contributed by atoms with Gasteiger partial charge in [-0.1, -0.05) is 30.2 Å². The molecule has 0 radical (unpaired) electrons. The molecule has 0 spiro atoms. The lowest BCUT2D eigenvalue weighted by Gasteiger charge is -2.39. The summed E-state index contributed by atoms with van der Waals surface area (Å²) in [6.45, 7) is 0. The summed E-state index contributed by atoms with van der Waals surface area (Å²) in [6, 6.07) is 9.34. The molecule has 1 aromatic carbocycles. The minimum atomic E-state index is -0.713. The second-order valence-corrected chi connectivity index (χ2v) is 4.52. The molecule has 1 aliphatic rings. The van der Waals surface area contributed by atoms with Crippen LogP contribution in [0.15, 0.2) is 24.3 Å². The third-order valence-electron chi connectivity index (χ3n) is 3.16. The lowest BCUT2D eigenvalue weighted by atomic mass is 9.65. The molecule has 2 rings (SSSR count). The number of halogens is 1. The summed E-state index contributed by atoms with van der Waals surface area (Å²) in [5, 5.41) is 19.8. The highest BCUT2D eigenvalue weighted by Gasteiger charge is 2.44. The summed E-state index contributed by atoms with van der Waals surface area (Å²) < 4.78 is 0. The molecule has 1 aliphatic carbocycles. The summed E-state index contributed by atoms with van der Waals surface area (Å²) in [7, 11) is 0. The van der Waals surface area contributed by atoms with Gasteiger partial charge in [0.25, 0.3) is 0 Å². The maximum atomic E-state index is 10.1. The van der Waals surface area contributed by atoms with E-state index in [0.29, 0.717) is 5.02 Å². The number of aliphatic hydroxyl groups excluding tert-OH is 1. The van der Waals surface area contributed by atoms with Crippen molar-refractivity contribution in [3.05, 3.63) is 34.9 Å². The fourth-order valence-corrected chi connectivity index (χ4v) is 2.20. The zero-order valence-corrected chi connectivity index (χ0v) is 9.04. The van der Waals surface area contributed by atoms with Crippen molar-refractivity contribution < 1.29 is 5.11 Å². The topological polar surface area (TPSA) is 44.0 Å². The molecule has 1 saturated carbocycles. The largest absolute Gasteiger partial charge is 0.387 e. The van der Waals surface area contributed by atoms with E-state index in [0.717, 1.165) is 24.8 Å². The Kier molecular flexibility index (Phi) is 2.68. The van der Waals surface area contributed by atoms with Crippen LogP contribution in [0.2, 0.25) is 5.02 Å². The zero-order chi connectivity index (χ0) is 10.9. The van der Waals surface area contributed by atoms with Gasteiger partial charge in [0.1, 0.15) is 0 Å². The maximum Gasteiger partial charge on any atom is 0.0976 e. The van der Waals surface area contributed by atoms with Crippen LogP contribution < -0.4 is 0 Å². The molecule has 1 aromatic rings. The van der Waals surface area contributed by atoms with Crippen molar-refractivity contribution in [2.45, 2.75) is 25.4 Å². The summed E-state index contributed by atoms with van der Waals surface area (Å²) in [5.74, 6) is 0. The molecular formula is C12H12ClNO. The number of hydrogen-bond acceptors (Lipinski definition) is 2. The van der Waals surface area contributed by atoms with Crippen LogP contribution in [0.25, 0.3) is 0 Å². The van der Waals surface area contributed by atoms with Gasteiger partial charge in [-0.15, -0.1) is 0 Å². The predicted octanol–water partition coefficient (Wildman–Crippen LogP) is 3.07. The number of aliphatic hydroxyl groups is 1. The fourth-order valence-electron chi connectivity index (χ4n) is 2.00. The van der Waals surface area contributed by atoms with Gasteiger partial charge in [-0.2, -0.15) is 5.26 Å². The Morgan fingerprint density at radius 1 is 1.47 bits per heavy atom. The van der Waals surface area contributed by atoms with Crippen molar-refractivity contribution in [3.63, 3.8) is 0 Å². The van der Waals surface area contributed by atoms with Crippen LogP contribution >= 0.6 is 11.6 Å². The van der Waals surface area contributed by atoms with Gasteiger partial charge in [-0.3, -0.25) is 0 Å². The van der Waals surface area contributed by atoms with Crippen molar-refractivity contribution >= 4 is 11.6 Å². The lowest BCUT2D eigenvalue weighted by molar-refractivity contribution is 0.00796. The van der Waals surface area contributed by atoms with Crippen LogP contribution in [-0.2, 0) is 0 Å². The van der Waals surface area contributed by atoms with Gasteiger partial charge in [0, 0.05) is 5.02 Å². The summed E-state index contributed by atoms with van der Waals surface area (Å²) in [5.41, 5.74) is 0.161. The number of nitrogens with zero attached hydrogens (tertiary/aromatic N) is 1. The van der Waals surface area contributed by atoms with Crippen LogP contribution in [0.3, 0.4) is 0 Å². The Hall–Kier alpha value is -1.04. The van der Waals surface area contributed by atoms with Crippen molar-refractivity contribution in [1.82, 2.24) is 0 Å². The van der Waals surface area contributed by atoms with Crippen LogP contribution in [-0.4, -0.2) is 5.11 Å². The van der Waals surface area contributed by atoms with Gasteiger partial charge >= 0.3 is 0 Å². The van der Waals surface area contributed by atoms with E-state index >= 15 is 0 Å². The molecule has 0 aliphatic heterocycles. The van der Waals surface area contributed by atoms with E-state index in [1.165, 1.54) is 0 Å². The van der Waals surface area contributed by atoms with Gasteiger partial charge in [-0.25, -0.2) is 0 Å². The van der Waals surface area contributed by atoms with Crippen molar-refractivity contribution in [1.29, 1.82) is 5.26 Å². The van der Waals surface area contributed by atoms with Gasteiger partial charge in [0.2, 0.25) is 0 Å².